The van der Waals surface area contributed by atoms with Crippen molar-refractivity contribution in [3.05, 3.63) is 50.8 Å². The molecule has 0 aliphatic heterocycles. The molecule has 0 radical (unpaired) electrons. The number of carboxylic acids is 1. The van der Waals surface area contributed by atoms with Gasteiger partial charge in [0, 0.05) is 11.9 Å². The predicted octanol–water partition coefficient (Wildman–Crippen LogP) is 2.91. The molecule has 8 heteroatoms. The SMILES string of the molecule is O=C(NCc1cccc2[nH]ncc12)c1cc(Cl)c(C(=O)O)s1. The van der Waals surface area contributed by atoms with Gasteiger partial charge in [-0.1, -0.05) is 23.7 Å². The maximum absolute atomic E-state index is 12.1. The van der Waals surface area contributed by atoms with Gasteiger partial charge < -0.3 is 10.4 Å². The molecule has 0 bridgehead atoms. The van der Waals surface area contributed by atoms with E-state index in [0.717, 1.165) is 27.8 Å². The Morgan fingerprint density at radius 1 is 1.41 bits per heavy atom. The molecular weight excluding hydrogens is 326 g/mol. The number of aromatic carboxylic acids is 1. The molecule has 1 amide bonds. The number of hydrogen-bond donors (Lipinski definition) is 3. The molecule has 0 atom stereocenters. The Bertz CT molecular complexity index is 871. The summed E-state index contributed by atoms with van der Waals surface area (Å²) >= 11 is 6.66. The molecule has 3 aromatic rings. The minimum absolute atomic E-state index is 0.0382. The minimum Gasteiger partial charge on any atom is -0.477 e. The number of thiophene rings is 1. The van der Waals surface area contributed by atoms with Gasteiger partial charge in [0.05, 0.1) is 21.6 Å². The van der Waals surface area contributed by atoms with Gasteiger partial charge in [-0.2, -0.15) is 5.10 Å². The van der Waals surface area contributed by atoms with Crippen LogP contribution in [0.15, 0.2) is 30.5 Å². The second kappa shape index (κ2) is 5.78. The van der Waals surface area contributed by atoms with Gasteiger partial charge >= 0.3 is 5.97 Å². The van der Waals surface area contributed by atoms with Crippen molar-refractivity contribution < 1.29 is 14.7 Å². The third-order valence-electron chi connectivity index (χ3n) is 3.12. The van der Waals surface area contributed by atoms with Crippen molar-refractivity contribution in [2.75, 3.05) is 0 Å². The van der Waals surface area contributed by atoms with Crippen LogP contribution in [-0.2, 0) is 6.54 Å². The van der Waals surface area contributed by atoms with Gasteiger partial charge in [0.1, 0.15) is 4.88 Å². The molecular formula is C14H10ClN3O3S. The Kier molecular flexibility index (Phi) is 3.82. The van der Waals surface area contributed by atoms with Crippen LogP contribution < -0.4 is 5.32 Å². The van der Waals surface area contributed by atoms with E-state index in [9.17, 15) is 9.59 Å². The van der Waals surface area contributed by atoms with E-state index in [1.807, 2.05) is 18.2 Å². The summed E-state index contributed by atoms with van der Waals surface area (Å²) in [5.74, 6) is -1.50. The zero-order valence-corrected chi connectivity index (χ0v) is 12.7. The number of nitrogens with one attached hydrogen (secondary N) is 2. The summed E-state index contributed by atoms with van der Waals surface area (Å²) in [5, 5.41) is 19.5. The molecule has 1 aromatic carbocycles. The molecule has 3 N–H and O–H groups in total. The molecule has 0 unspecified atom stereocenters. The van der Waals surface area contributed by atoms with Gasteiger partial charge in [-0.15, -0.1) is 11.3 Å². The number of carboxylic acid groups (broad SMARTS) is 1. The molecule has 0 fully saturated rings. The highest BCUT2D eigenvalue weighted by molar-refractivity contribution is 7.16. The van der Waals surface area contributed by atoms with Gasteiger partial charge in [-0.05, 0) is 17.7 Å². The number of rotatable bonds is 4. The first-order valence-electron chi connectivity index (χ1n) is 6.28. The number of hydrogen-bond acceptors (Lipinski definition) is 4. The molecule has 0 aliphatic rings. The minimum atomic E-state index is -1.14. The number of amides is 1. The van der Waals surface area contributed by atoms with E-state index in [4.69, 9.17) is 16.7 Å². The third-order valence-corrected chi connectivity index (χ3v) is 4.65. The highest BCUT2D eigenvalue weighted by atomic mass is 35.5. The summed E-state index contributed by atoms with van der Waals surface area (Å²) in [6.07, 6.45) is 1.70. The number of fused-ring (bicyclic) bond motifs is 1. The predicted molar refractivity (Wildman–Crippen MR) is 83.6 cm³/mol. The van der Waals surface area contributed by atoms with Crippen LogP contribution in [0.3, 0.4) is 0 Å². The Morgan fingerprint density at radius 3 is 2.95 bits per heavy atom. The van der Waals surface area contributed by atoms with Crippen LogP contribution in [0.5, 0.6) is 0 Å². The average Bonchev–Trinajstić information content (AvgIpc) is 3.11. The number of halogens is 1. The lowest BCUT2D eigenvalue weighted by molar-refractivity contribution is 0.0702. The Hall–Kier alpha value is -2.38. The van der Waals surface area contributed by atoms with Crippen molar-refractivity contribution >= 4 is 45.7 Å². The standard InChI is InChI=1S/C14H10ClN3O3S/c15-9-4-11(22-12(9)14(20)21)13(19)16-5-7-2-1-3-10-8(7)6-17-18-10/h1-4,6H,5H2,(H,16,19)(H,17,18)(H,20,21). The molecule has 2 heterocycles. The lowest BCUT2D eigenvalue weighted by atomic mass is 10.1. The number of aromatic amines is 1. The van der Waals surface area contributed by atoms with Gasteiger partial charge in [0.25, 0.3) is 5.91 Å². The Balaban J connectivity index is 1.76. The lowest BCUT2D eigenvalue weighted by Gasteiger charge is -2.04. The molecule has 0 spiro atoms. The molecule has 0 aliphatic carbocycles. The number of carbonyl (C=O) groups excluding carboxylic acids is 1. The van der Waals surface area contributed by atoms with Crippen LogP contribution in [-0.4, -0.2) is 27.2 Å². The second-order valence-corrected chi connectivity index (χ2v) is 5.98. The third kappa shape index (κ3) is 2.68. The first-order valence-corrected chi connectivity index (χ1v) is 7.47. The summed E-state index contributed by atoms with van der Waals surface area (Å²) in [6, 6.07) is 7.02. The fourth-order valence-electron chi connectivity index (χ4n) is 2.07. The summed E-state index contributed by atoms with van der Waals surface area (Å²) in [4.78, 5) is 23.3. The van der Waals surface area contributed by atoms with E-state index in [1.165, 1.54) is 6.07 Å². The van der Waals surface area contributed by atoms with E-state index in [1.54, 1.807) is 6.20 Å². The fraction of sp³-hybridized carbons (Fsp3) is 0.0714. The fourth-order valence-corrected chi connectivity index (χ4v) is 3.25. The number of carbonyl (C=O) groups is 2. The van der Waals surface area contributed by atoms with Gasteiger partial charge in [0.15, 0.2) is 0 Å². The monoisotopic (exact) mass is 335 g/mol. The maximum atomic E-state index is 12.1. The second-order valence-electron chi connectivity index (χ2n) is 4.52. The average molecular weight is 336 g/mol. The quantitative estimate of drug-likeness (QED) is 0.683. The number of nitrogens with zero attached hydrogens (tertiary/aromatic N) is 1. The Labute approximate surface area is 133 Å². The highest BCUT2D eigenvalue weighted by Crippen LogP contribution is 2.27. The summed E-state index contributed by atoms with van der Waals surface area (Å²) in [6.45, 7) is 0.313. The van der Waals surface area contributed by atoms with Crippen LogP contribution in [0, 0.1) is 0 Å². The Morgan fingerprint density at radius 2 is 2.23 bits per heavy atom. The van der Waals surface area contributed by atoms with Crippen molar-refractivity contribution in [2.24, 2.45) is 0 Å². The first-order chi connectivity index (χ1) is 10.6. The van der Waals surface area contributed by atoms with Gasteiger partial charge in [-0.3, -0.25) is 9.89 Å². The zero-order valence-electron chi connectivity index (χ0n) is 11.1. The maximum Gasteiger partial charge on any atom is 0.347 e. The van der Waals surface area contributed by atoms with Crippen LogP contribution in [0.25, 0.3) is 10.9 Å². The molecule has 0 saturated carbocycles. The van der Waals surface area contributed by atoms with Crippen LogP contribution in [0.4, 0.5) is 0 Å². The number of aromatic nitrogens is 2. The molecule has 3 rings (SSSR count). The highest BCUT2D eigenvalue weighted by Gasteiger charge is 2.18. The smallest absolute Gasteiger partial charge is 0.347 e. The van der Waals surface area contributed by atoms with Crippen molar-refractivity contribution in [1.82, 2.24) is 15.5 Å². The van der Waals surface area contributed by atoms with E-state index in [-0.39, 0.29) is 20.7 Å². The molecule has 6 nitrogen and oxygen atoms in total. The van der Waals surface area contributed by atoms with Gasteiger partial charge in [0.2, 0.25) is 0 Å². The number of benzene rings is 1. The molecule has 2 aromatic heterocycles. The van der Waals surface area contributed by atoms with Crippen molar-refractivity contribution in [3.63, 3.8) is 0 Å². The van der Waals surface area contributed by atoms with E-state index < -0.39 is 5.97 Å². The summed E-state index contributed by atoms with van der Waals surface area (Å²) < 4.78 is 0. The van der Waals surface area contributed by atoms with E-state index in [0.29, 0.717) is 6.54 Å². The summed E-state index contributed by atoms with van der Waals surface area (Å²) in [5.41, 5.74) is 1.81. The largest absolute Gasteiger partial charge is 0.477 e. The lowest BCUT2D eigenvalue weighted by Crippen LogP contribution is -2.21. The molecule has 0 saturated heterocycles. The van der Waals surface area contributed by atoms with Crippen molar-refractivity contribution in [1.29, 1.82) is 0 Å². The number of H-pyrrole nitrogens is 1. The van der Waals surface area contributed by atoms with E-state index in [2.05, 4.69) is 15.5 Å². The van der Waals surface area contributed by atoms with Crippen molar-refractivity contribution in [3.8, 4) is 0 Å². The van der Waals surface area contributed by atoms with Crippen molar-refractivity contribution in [2.45, 2.75) is 6.54 Å². The van der Waals surface area contributed by atoms with Crippen LogP contribution in [0.2, 0.25) is 5.02 Å². The normalized spacial score (nSPS) is 10.8. The van der Waals surface area contributed by atoms with E-state index >= 15 is 0 Å². The van der Waals surface area contributed by atoms with Crippen LogP contribution in [0.1, 0.15) is 24.9 Å². The van der Waals surface area contributed by atoms with Crippen LogP contribution >= 0.6 is 22.9 Å². The zero-order chi connectivity index (χ0) is 15.7. The van der Waals surface area contributed by atoms with Gasteiger partial charge in [-0.25, -0.2) is 4.79 Å². The first kappa shape index (κ1) is 14.6. The topological polar surface area (TPSA) is 95.1 Å². The molecule has 22 heavy (non-hydrogen) atoms. The molecule has 112 valence electrons. The summed E-state index contributed by atoms with van der Waals surface area (Å²) in [7, 11) is 0.